The van der Waals surface area contributed by atoms with E-state index in [4.69, 9.17) is 0 Å². The molecule has 0 aromatic heterocycles. The summed E-state index contributed by atoms with van der Waals surface area (Å²) >= 11 is 2.88. The van der Waals surface area contributed by atoms with Crippen molar-refractivity contribution in [2.75, 3.05) is 0 Å². The molecule has 0 saturated heterocycles. The van der Waals surface area contributed by atoms with Crippen molar-refractivity contribution < 1.29 is 52.3 Å². The van der Waals surface area contributed by atoms with E-state index in [-0.39, 0.29) is 18.9 Å². The minimum Gasteiger partial charge on any atom is -0.427 e. The van der Waals surface area contributed by atoms with Gasteiger partial charge < -0.3 is 4.74 Å². The van der Waals surface area contributed by atoms with Crippen molar-refractivity contribution in [1.82, 2.24) is 4.13 Å². The Hall–Kier alpha value is -0.533. The zero-order valence-electron chi connectivity index (χ0n) is 12.2. The Balaban J connectivity index is 0.00000625. The van der Waals surface area contributed by atoms with Crippen LogP contribution in [0.3, 0.4) is 0 Å². The molecule has 0 saturated carbocycles. The third-order valence-corrected chi connectivity index (χ3v) is 6.07. The summed E-state index contributed by atoms with van der Waals surface area (Å²) in [5.74, 6) is -0.971. The monoisotopic (exact) mass is 490 g/mol. The van der Waals surface area contributed by atoms with Crippen molar-refractivity contribution in [2.45, 2.75) is 16.9 Å². The minimum atomic E-state index is -7.06. The van der Waals surface area contributed by atoms with Gasteiger partial charge in [-0.05, 0) is 24.3 Å². The van der Waals surface area contributed by atoms with Crippen molar-refractivity contribution in [2.24, 2.45) is 0 Å². The quantitative estimate of drug-likeness (QED) is 0.488. The van der Waals surface area contributed by atoms with Crippen LogP contribution in [0.15, 0.2) is 28.7 Å². The molecule has 1 rings (SSSR count). The fourth-order valence-electron chi connectivity index (χ4n) is 1.11. The normalized spacial score (nSPS) is 13.8. The molecule has 0 aliphatic rings. The Morgan fingerprint density at radius 3 is 1.65 bits per heavy atom. The molecule has 0 bridgehead atoms. The molecular weight excluding hydrogens is 486 g/mol. The van der Waals surface area contributed by atoms with Crippen LogP contribution in [0.25, 0.3) is 0 Å². The van der Waals surface area contributed by atoms with E-state index in [1.165, 1.54) is 0 Å². The number of sulfonamides is 2. The van der Waals surface area contributed by atoms with E-state index in [1.54, 1.807) is 0 Å². The number of benzene rings is 1. The summed E-state index contributed by atoms with van der Waals surface area (Å²) in [6, 6.07) is 3.51. The maximum atomic E-state index is 13.5. The predicted octanol–water partition coefficient (Wildman–Crippen LogP) is 2.40. The molecule has 0 unspecified atom stereocenters. The van der Waals surface area contributed by atoms with E-state index < -0.39 is 46.8 Å². The topological polar surface area (TPSA) is 89.5 Å². The largest absolute Gasteiger partial charge is 0.512 e. The number of halogens is 8. The van der Waals surface area contributed by atoms with Gasteiger partial charge in [0.1, 0.15) is 5.75 Å². The molecule has 0 fully saturated rings. The van der Waals surface area contributed by atoms with E-state index in [9.17, 15) is 47.6 Å². The number of hydrogen-bond acceptors (Lipinski definition) is 5. The van der Waals surface area contributed by atoms with Gasteiger partial charge in [-0.1, -0.05) is 20.1 Å². The smallest absolute Gasteiger partial charge is 0.427 e. The summed E-state index contributed by atoms with van der Waals surface area (Å²) in [5.41, 5.74) is -6.34. The third kappa shape index (κ3) is 5.26. The Bertz CT molecular complexity index is 842. The molecule has 0 aliphatic carbocycles. The molecule has 1 N–H and O–H groups in total. The van der Waals surface area contributed by atoms with Crippen molar-refractivity contribution >= 4 is 54.8 Å². The van der Waals surface area contributed by atoms with Crippen LogP contribution < -0.4 is 8.86 Å². The predicted molar refractivity (Wildman–Crippen MR) is 77.4 cm³/mol. The summed E-state index contributed by atoms with van der Waals surface area (Å²) in [4.78, 5) is 0. The second-order valence-corrected chi connectivity index (χ2v) is 8.70. The van der Waals surface area contributed by atoms with Crippen LogP contribution in [-0.4, -0.2) is 52.6 Å². The van der Waals surface area contributed by atoms with Crippen LogP contribution in [0.2, 0.25) is 0 Å². The number of rotatable bonds is 6. The second-order valence-electron chi connectivity index (χ2n) is 4.13. The van der Waals surface area contributed by atoms with Gasteiger partial charge in [-0.3, -0.25) is 0 Å². The van der Waals surface area contributed by atoms with Gasteiger partial charge in [0.15, 0.2) is 0 Å². The number of nitrogens with one attached hydrogen (secondary N) is 1. The van der Waals surface area contributed by atoms with Gasteiger partial charge in [-0.2, -0.15) is 30.7 Å². The molecule has 0 heterocycles. The van der Waals surface area contributed by atoms with Gasteiger partial charge in [0, 0.05) is 23.3 Å². The molecule has 145 valence electrons. The first-order chi connectivity index (χ1) is 10.9. The molecule has 1 aromatic rings. The number of alkyl halides is 7. The van der Waals surface area contributed by atoms with Gasteiger partial charge in [0.2, 0.25) is 0 Å². The van der Waals surface area contributed by atoms with Gasteiger partial charge >= 0.3 is 36.9 Å². The minimum absolute atomic E-state index is 0. The van der Waals surface area contributed by atoms with Gasteiger partial charge in [-0.15, -0.1) is 0 Å². The third-order valence-electron chi connectivity index (χ3n) is 2.26. The average molecular weight is 491 g/mol. The molecule has 6 nitrogen and oxygen atoms in total. The van der Waals surface area contributed by atoms with Crippen LogP contribution in [0, 0.1) is 0 Å². The van der Waals surface area contributed by atoms with E-state index in [2.05, 4.69) is 20.7 Å². The molecular formula is C9H5BrF7LiNO5S2. The Labute approximate surface area is 162 Å². The number of hydrogen-bond donors (Lipinski definition) is 1. The molecule has 1 radical (unpaired) electrons. The van der Waals surface area contributed by atoms with Gasteiger partial charge in [-0.25, -0.2) is 16.8 Å². The van der Waals surface area contributed by atoms with Crippen molar-refractivity contribution in [1.29, 1.82) is 0 Å². The van der Waals surface area contributed by atoms with E-state index in [0.29, 0.717) is 16.6 Å². The standard InChI is InChI=1S/C9H5BrF7NO5S2.Li/c10-5-1-3-6(4-2-5)23-7(11,12)8(13,14)24(19,20)18-25(21,22)9(15,16)17;/h1-4,18H;. The molecule has 26 heavy (non-hydrogen) atoms. The summed E-state index contributed by atoms with van der Waals surface area (Å²) < 4.78 is 137. The first-order valence-corrected chi connectivity index (χ1v) is 9.23. The van der Waals surface area contributed by atoms with Crippen LogP contribution in [0.4, 0.5) is 30.7 Å². The van der Waals surface area contributed by atoms with Crippen LogP contribution in [0.5, 0.6) is 5.75 Å². The second kappa shape index (κ2) is 7.84. The SMILES string of the molecule is O=S(=O)(NS(=O)(=O)C(F)(F)C(F)(F)Oc1ccc(Br)cc1)C(F)(F)F.[Li]. The zero-order valence-corrected chi connectivity index (χ0v) is 15.4. The molecule has 0 atom stereocenters. The van der Waals surface area contributed by atoms with Gasteiger partial charge in [0.25, 0.3) is 0 Å². The van der Waals surface area contributed by atoms with Gasteiger partial charge in [0.05, 0.1) is 0 Å². The van der Waals surface area contributed by atoms with Crippen LogP contribution in [-0.2, 0) is 20.0 Å². The van der Waals surface area contributed by atoms with Crippen molar-refractivity contribution in [3.05, 3.63) is 28.7 Å². The molecule has 0 amide bonds. The Morgan fingerprint density at radius 1 is 0.846 bits per heavy atom. The van der Waals surface area contributed by atoms with E-state index in [0.717, 1.165) is 12.1 Å². The van der Waals surface area contributed by atoms with Crippen molar-refractivity contribution in [3.63, 3.8) is 0 Å². The summed E-state index contributed by atoms with van der Waals surface area (Å²) in [5, 5.41) is -6.37. The number of ether oxygens (including phenoxy) is 1. The summed E-state index contributed by atoms with van der Waals surface area (Å²) in [7, 11) is -14.0. The van der Waals surface area contributed by atoms with Crippen LogP contribution >= 0.6 is 15.9 Å². The molecule has 17 heteroatoms. The molecule has 1 aromatic carbocycles. The van der Waals surface area contributed by atoms with Crippen molar-refractivity contribution in [3.8, 4) is 5.75 Å². The summed E-state index contributed by atoms with van der Waals surface area (Å²) in [6.45, 7) is 0. The fraction of sp³-hybridized carbons (Fsp3) is 0.333. The van der Waals surface area contributed by atoms with E-state index >= 15 is 0 Å². The Morgan fingerprint density at radius 2 is 1.27 bits per heavy atom. The summed E-state index contributed by atoms with van der Waals surface area (Å²) in [6.07, 6.45) is -5.91. The molecule has 0 aliphatic heterocycles. The fourth-order valence-corrected chi connectivity index (χ4v) is 3.68. The maximum absolute atomic E-state index is 13.5. The Kier molecular flexibility index (Phi) is 7.68. The van der Waals surface area contributed by atoms with Crippen LogP contribution in [0.1, 0.15) is 0 Å². The molecule has 0 spiro atoms. The van der Waals surface area contributed by atoms with E-state index in [1.807, 2.05) is 0 Å². The average Bonchev–Trinajstić information content (AvgIpc) is 2.38. The first kappa shape index (κ1) is 25.5. The zero-order chi connectivity index (χ0) is 19.9. The first-order valence-electron chi connectivity index (χ1n) is 5.47. The maximum Gasteiger partial charge on any atom is 0.512 e.